The smallest absolute Gasteiger partial charge is 0.303 e. The molecule has 1 amide bonds. The molecule has 0 aliphatic carbocycles. The topological polar surface area (TPSA) is 66.4 Å². The van der Waals surface area contributed by atoms with Crippen LogP contribution in [0.5, 0.6) is 0 Å². The highest BCUT2D eigenvalue weighted by molar-refractivity contribution is 5.99. The number of rotatable bonds is 5. The third kappa shape index (κ3) is 5.38. The normalized spacial score (nSPS) is 11.5. The number of allylic oxidation sites excluding steroid dienone is 1. The van der Waals surface area contributed by atoms with E-state index in [0.717, 1.165) is 11.1 Å². The summed E-state index contributed by atoms with van der Waals surface area (Å²) in [4.78, 5) is 22.2. The molecule has 0 radical (unpaired) electrons. The maximum atomic E-state index is 11.5. The molecular weight excluding hydrogens is 242 g/mol. The van der Waals surface area contributed by atoms with Gasteiger partial charge in [-0.25, -0.2) is 0 Å². The molecule has 2 N–H and O–H groups in total. The Morgan fingerprint density at radius 1 is 1.26 bits per heavy atom. The molecule has 0 saturated heterocycles. The average molecular weight is 261 g/mol. The second-order valence-corrected chi connectivity index (χ2v) is 4.83. The summed E-state index contributed by atoms with van der Waals surface area (Å²) >= 11 is 0. The molecule has 0 aromatic heterocycles. The Morgan fingerprint density at radius 3 is 2.32 bits per heavy atom. The number of hydrogen-bond donors (Lipinski definition) is 2. The minimum absolute atomic E-state index is 0.0416. The summed E-state index contributed by atoms with van der Waals surface area (Å²) in [7, 11) is 0. The van der Waals surface area contributed by atoms with Crippen molar-refractivity contribution in [2.75, 3.05) is 5.32 Å². The lowest BCUT2D eigenvalue weighted by Gasteiger charge is -2.10. The number of benzene rings is 1. The zero-order chi connectivity index (χ0) is 14.4. The Kier molecular flexibility index (Phi) is 5.30. The van der Waals surface area contributed by atoms with E-state index in [-0.39, 0.29) is 18.2 Å². The van der Waals surface area contributed by atoms with E-state index < -0.39 is 5.97 Å². The largest absolute Gasteiger partial charge is 0.481 e. The van der Waals surface area contributed by atoms with Crippen molar-refractivity contribution in [3.63, 3.8) is 0 Å². The van der Waals surface area contributed by atoms with Crippen LogP contribution in [0.3, 0.4) is 0 Å². The van der Waals surface area contributed by atoms with Gasteiger partial charge in [-0.3, -0.25) is 9.59 Å². The summed E-state index contributed by atoms with van der Waals surface area (Å²) in [6.07, 6.45) is 1.63. The highest BCUT2D eigenvalue weighted by Gasteiger charge is 2.10. The van der Waals surface area contributed by atoms with Crippen LogP contribution in [0.1, 0.15) is 38.7 Å². The van der Waals surface area contributed by atoms with E-state index >= 15 is 0 Å². The Morgan fingerprint density at radius 2 is 1.84 bits per heavy atom. The molecule has 102 valence electrons. The first-order valence-electron chi connectivity index (χ1n) is 6.16. The zero-order valence-electron chi connectivity index (χ0n) is 11.4. The van der Waals surface area contributed by atoms with E-state index in [1.165, 1.54) is 6.08 Å². The van der Waals surface area contributed by atoms with Crippen LogP contribution in [-0.2, 0) is 9.59 Å². The lowest BCUT2D eigenvalue weighted by atomic mass is 9.98. The Balaban J connectivity index is 2.69. The molecule has 19 heavy (non-hydrogen) atoms. The Labute approximate surface area is 113 Å². The van der Waals surface area contributed by atoms with E-state index in [1.807, 2.05) is 32.9 Å². The van der Waals surface area contributed by atoms with Gasteiger partial charge in [-0.1, -0.05) is 24.6 Å². The van der Waals surface area contributed by atoms with Crippen LogP contribution < -0.4 is 5.32 Å². The van der Waals surface area contributed by atoms with Gasteiger partial charge in [0.1, 0.15) is 0 Å². The van der Waals surface area contributed by atoms with E-state index in [1.54, 1.807) is 12.1 Å². The van der Waals surface area contributed by atoms with Gasteiger partial charge >= 0.3 is 5.97 Å². The van der Waals surface area contributed by atoms with Crippen LogP contribution in [0.25, 0.3) is 0 Å². The molecule has 1 atom stereocenters. The molecule has 1 unspecified atom stereocenters. The van der Waals surface area contributed by atoms with Crippen molar-refractivity contribution in [3.8, 4) is 0 Å². The van der Waals surface area contributed by atoms with Gasteiger partial charge in [-0.15, -0.1) is 0 Å². The molecule has 4 heteroatoms. The van der Waals surface area contributed by atoms with Gasteiger partial charge < -0.3 is 10.4 Å². The monoisotopic (exact) mass is 261 g/mol. The van der Waals surface area contributed by atoms with Crippen molar-refractivity contribution >= 4 is 17.6 Å². The predicted octanol–water partition coefficient (Wildman–Crippen LogP) is 3.17. The van der Waals surface area contributed by atoms with Gasteiger partial charge in [-0.2, -0.15) is 0 Å². The molecule has 1 rings (SSSR count). The number of amides is 1. The SMILES string of the molecule is CC(C)=CC(=O)Nc1ccc(C(C)CC(=O)O)cc1. The van der Waals surface area contributed by atoms with Gasteiger partial charge in [0, 0.05) is 11.8 Å². The van der Waals surface area contributed by atoms with Crippen molar-refractivity contribution in [2.24, 2.45) is 0 Å². The summed E-state index contributed by atoms with van der Waals surface area (Å²) in [5.74, 6) is -1.01. The van der Waals surface area contributed by atoms with Crippen LogP contribution in [0.2, 0.25) is 0 Å². The summed E-state index contributed by atoms with van der Waals surface area (Å²) in [5, 5.41) is 11.5. The number of carbonyl (C=O) groups excluding carboxylic acids is 1. The number of carboxylic acids is 1. The molecule has 0 bridgehead atoms. The van der Waals surface area contributed by atoms with Gasteiger partial charge in [-0.05, 0) is 37.5 Å². The molecule has 0 aliphatic rings. The van der Waals surface area contributed by atoms with Crippen molar-refractivity contribution in [2.45, 2.75) is 33.1 Å². The fraction of sp³-hybridized carbons (Fsp3) is 0.333. The predicted molar refractivity (Wildman–Crippen MR) is 75.2 cm³/mol. The maximum absolute atomic E-state index is 11.5. The second kappa shape index (κ2) is 6.73. The van der Waals surface area contributed by atoms with Crippen LogP contribution in [0.15, 0.2) is 35.9 Å². The zero-order valence-corrected chi connectivity index (χ0v) is 11.4. The van der Waals surface area contributed by atoms with E-state index in [4.69, 9.17) is 5.11 Å². The molecule has 4 nitrogen and oxygen atoms in total. The van der Waals surface area contributed by atoms with Crippen molar-refractivity contribution in [1.82, 2.24) is 0 Å². The van der Waals surface area contributed by atoms with Crippen LogP contribution >= 0.6 is 0 Å². The number of carbonyl (C=O) groups is 2. The number of hydrogen-bond acceptors (Lipinski definition) is 2. The first kappa shape index (κ1) is 15.0. The average Bonchev–Trinajstić information content (AvgIpc) is 2.27. The van der Waals surface area contributed by atoms with Gasteiger partial charge in [0.15, 0.2) is 0 Å². The van der Waals surface area contributed by atoms with E-state index in [2.05, 4.69) is 5.32 Å². The number of carboxylic acid groups (broad SMARTS) is 1. The summed E-state index contributed by atoms with van der Waals surface area (Å²) in [5.41, 5.74) is 2.58. The van der Waals surface area contributed by atoms with Gasteiger partial charge in [0.2, 0.25) is 5.91 Å². The third-order valence-corrected chi connectivity index (χ3v) is 2.65. The number of aliphatic carboxylic acids is 1. The van der Waals surface area contributed by atoms with Crippen LogP contribution in [0, 0.1) is 0 Å². The fourth-order valence-electron chi connectivity index (χ4n) is 1.72. The molecule has 0 saturated carbocycles. The maximum Gasteiger partial charge on any atom is 0.303 e. The molecule has 0 aliphatic heterocycles. The fourth-order valence-corrected chi connectivity index (χ4v) is 1.72. The van der Waals surface area contributed by atoms with Crippen LogP contribution in [0.4, 0.5) is 5.69 Å². The van der Waals surface area contributed by atoms with Crippen molar-refractivity contribution in [3.05, 3.63) is 41.5 Å². The first-order valence-corrected chi connectivity index (χ1v) is 6.16. The van der Waals surface area contributed by atoms with E-state index in [9.17, 15) is 9.59 Å². The second-order valence-electron chi connectivity index (χ2n) is 4.83. The van der Waals surface area contributed by atoms with Gasteiger partial charge in [0.05, 0.1) is 6.42 Å². The quantitative estimate of drug-likeness (QED) is 0.800. The highest BCUT2D eigenvalue weighted by Crippen LogP contribution is 2.20. The van der Waals surface area contributed by atoms with Gasteiger partial charge in [0.25, 0.3) is 0 Å². The first-order chi connectivity index (χ1) is 8.88. The Bertz CT molecular complexity index is 485. The van der Waals surface area contributed by atoms with Crippen LogP contribution in [-0.4, -0.2) is 17.0 Å². The Hall–Kier alpha value is -2.10. The molecule has 0 heterocycles. The molecule has 1 aromatic rings. The summed E-state index contributed by atoms with van der Waals surface area (Å²) in [6.45, 7) is 5.58. The lowest BCUT2D eigenvalue weighted by molar-refractivity contribution is -0.137. The molecule has 1 aromatic carbocycles. The minimum atomic E-state index is -0.812. The lowest BCUT2D eigenvalue weighted by Crippen LogP contribution is -2.08. The standard InChI is InChI=1S/C15H19NO3/c1-10(2)8-14(17)16-13-6-4-12(5-7-13)11(3)9-15(18)19/h4-8,11H,9H2,1-3H3,(H,16,17)(H,18,19). The number of anilines is 1. The minimum Gasteiger partial charge on any atom is -0.481 e. The highest BCUT2D eigenvalue weighted by atomic mass is 16.4. The number of nitrogens with one attached hydrogen (secondary N) is 1. The van der Waals surface area contributed by atoms with E-state index in [0.29, 0.717) is 5.69 Å². The van der Waals surface area contributed by atoms with Crippen molar-refractivity contribution in [1.29, 1.82) is 0 Å². The molecule has 0 fully saturated rings. The summed E-state index contributed by atoms with van der Waals surface area (Å²) < 4.78 is 0. The third-order valence-electron chi connectivity index (χ3n) is 2.65. The molecular formula is C15H19NO3. The summed E-state index contributed by atoms with van der Waals surface area (Å²) in [6, 6.07) is 7.24. The van der Waals surface area contributed by atoms with Crippen molar-refractivity contribution < 1.29 is 14.7 Å². The molecule has 0 spiro atoms.